The van der Waals surface area contributed by atoms with Crippen molar-refractivity contribution in [2.24, 2.45) is 7.05 Å². The van der Waals surface area contributed by atoms with Crippen molar-refractivity contribution in [3.63, 3.8) is 0 Å². The first-order valence-corrected chi connectivity index (χ1v) is 11.1. The summed E-state index contributed by atoms with van der Waals surface area (Å²) in [5, 5.41) is 3.96. The van der Waals surface area contributed by atoms with Gasteiger partial charge in [0.05, 0.1) is 35.3 Å². The fourth-order valence-electron chi connectivity index (χ4n) is 3.43. The molecule has 1 amide bonds. The van der Waals surface area contributed by atoms with E-state index in [4.69, 9.17) is 4.98 Å². The Kier molecular flexibility index (Phi) is 4.56. The van der Waals surface area contributed by atoms with Gasteiger partial charge in [-0.3, -0.25) is 4.79 Å². The summed E-state index contributed by atoms with van der Waals surface area (Å²) < 4.78 is 1.97. The Balaban J connectivity index is 1.47. The molecule has 4 heterocycles. The number of fused-ring (bicyclic) bond motifs is 3. The van der Waals surface area contributed by atoms with Gasteiger partial charge in [-0.15, -0.1) is 11.3 Å². The molecular formula is C21H18N6OS2. The number of aryl methyl sites for hydroxylation is 2. The lowest BCUT2D eigenvalue weighted by Gasteiger charge is -2.14. The largest absolute Gasteiger partial charge is 0.345 e. The molecule has 30 heavy (non-hydrogen) atoms. The van der Waals surface area contributed by atoms with E-state index in [0.29, 0.717) is 4.88 Å². The van der Waals surface area contributed by atoms with Crippen LogP contribution in [0.15, 0.2) is 42.3 Å². The first kappa shape index (κ1) is 18.8. The topological polar surface area (TPSA) is 85.6 Å². The molecule has 7 nitrogen and oxygen atoms in total. The Morgan fingerprint density at radius 2 is 2.10 bits per heavy atom. The van der Waals surface area contributed by atoms with Gasteiger partial charge < -0.3 is 9.88 Å². The van der Waals surface area contributed by atoms with Gasteiger partial charge in [0.25, 0.3) is 5.91 Å². The number of amides is 1. The van der Waals surface area contributed by atoms with Crippen LogP contribution in [0.2, 0.25) is 0 Å². The quantitative estimate of drug-likeness (QED) is 0.450. The minimum atomic E-state index is -0.143. The number of hydrogen-bond donors (Lipinski definition) is 1. The van der Waals surface area contributed by atoms with Gasteiger partial charge in [-0.05, 0) is 25.5 Å². The molecule has 0 fully saturated rings. The maximum absolute atomic E-state index is 12.5. The van der Waals surface area contributed by atoms with Crippen LogP contribution >= 0.6 is 22.7 Å². The minimum absolute atomic E-state index is 0.101. The average Bonchev–Trinajstić information content (AvgIpc) is 3.46. The predicted octanol–water partition coefficient (Wildman–Crippen LogP) is 4.50. The lowest BCUT2D eigenvalue weighted by molar-refractivity contribution is 0.0943. The molecule has 0 unspecified atom stereocenters. The van der Waals surface area contributed by atoms with Crippen LogP contribution in [0.4, 0.5) is 0 Å². The van der Waals surface area contributed by atoms with Crippen molar-refractivity contribution in [2.75, 3.05) is 0 Å². The van der Waals surface area contributed by atoms with Crippen LogP contribution in [0.5, 0.6) is 0 Å². The van der Waals surface area contributed by atoms with Crippen molar-refractivity contribution < 1.29 is 4.79 Å². The van der Waals surface area contributed by atoms with Gasteiger partial charge in [0, 0.05) is 12.6 Å². The molecule has 0 radical (unpaired) electrons. The smallest absolute Gasteiger partial charge is 0.263 e. The zero-order chi connectivity index (χ0) is 20.8. The van der Waals surface area contributed by atoms with Crippen LogP contribution < -0.4 is 5.32 Å². The van der Waals surface area contributed by atoms with Crippen LogP contribution in [0, 0.1) is 6.92 Å². The van der Waals surface area contributed by atoms with E-state index in [1.54, 1.807) is 29.4 Å². The molecule has 0 spiro atoms. The molecule has 0 bridgehead atoms. The molecule has 5 aromatic rings. The third-order valence-corrected chi connectivity index (χ3v) is 6.98. The molecule has 150 valence electrons. The summed E-state index contributed by atoms with van der Waals surface area (Å²) in [6.45, 7) is 3.82. The number of rotatable bonds is 4. The molecular weight excluding hydrogens is 416 g/mol. The van der Waals surface area contributed by atoms with Gasteiger partial charge in [-0.2, -0.15) is 0 Å². The molecule has 4 aromatic heterocycles. The van der Waals surface area contributed by atoms with Crippen molar-refractivity contribution in [2.45, 2.75) is 19.9 Å². The highest BCUT2D eigenvalue weighted by Gasteiger charge is 2.17. The number of nitrogens with zero attached hydrogens (tertiary/aromatic N) is 5. The zero-order valence-electron chi connectivity index (χ0n) is 16.6. The fourth-order valence-corrected chi connectivity index (χ4v) is 5.05. The third kappa shape index (κ3) is 3.16. The molecule has 0 aliphatic rings. The standard InChI is InChI=1S/C21H18N6OS2/c1-11(25-19(28)18-12(2)24-10-29-18)13-5-4-6-14(7-13)20-26-16-17-15(23-9-27(17)3)8-22-21(16)30-20/h4-11H,1-3H3,(H,25,28)/t11-/m0/s1. The normalized spacial score (nSPS) is 12.5. The van der Waals surface area contributed by atoms with E-state index in [-0.39, 0.29) is 11.9 Å². The first-order chi connectivity index (χ1) is 14.5. The second-order valence-electron chi connectivity index (χ2n) is 7.11. The lowest BCUT2D eigenvalue weighted by atomic mass is 10.1. The highest BCUT2D eigenvalue weighted by molar-refractivity contribution is 7.21. The van der Waals surface area contributed by atoms with Crippen molar-refractivity contribution in [3.8, 4) is 10.6 Å². The summed E-state index contributed by atoms with van der Waals surface area (Å²) in [5.41, 5.74) is 7.14. The highest BCUT2D eigenvalue weighted by Crippen LogP contribution is 2.33. The zero-order valence-corrected chi connectivity index (χ0v) is 18.2. The van der Waals surface area contributed by atoms with Crippen LogP contribution in [-0.4, -0.2) is 30.4 Å². The number of benzene rings is 1. The number of aromatic nitrogens is 5. The van der Waals surface area contributed by atoms with E-state index in [9.17, 15) is 4.79 Å². The summed E-state index contributed by atoms with van der Waals surface area (Å²) in [7, 11) is 1.96. The molecule has 0 saturated carbocycles. The molecule has 1 aromatic carbocycles. The first-order valence-electron chi connectivity index (χ1n) is 9.39. The second-order valence-corrected chi connectivity index (χ2v) is 8.94. The van der Waals surface area contributed by atoms with Crippen molar-refractivity contribution >= 4 is 50.0 Å². The van der Waals surface area contributed by atoms with E-state index in [2.05, 4.69) is 26.3 Å². The molecule has 1 N–H and O–H groups in total. The number of hydrogen-bond acceptors (Lipinski definition) is 7. The van der Waals surface area contributed by atoms with Gasteiger partial charge in [0.2, 0.25) is 0 Å². The summed E-state index contributed by atoms with van der Waals surface area (Å²) in [6.07, 6.45) is 3.57. The van der Waals surface area contributed by atoms with Crippen molar-refractivity contribution in [3.05, 3.63) is 58.4 Å². The maximum Gasteiger partial charge on any atom is 0.263 e. The number of thiazole rings is 2. The summed E-state index contributed by atoms with van der Waals surface area (Å²) in [6, 6.07) is 7.96. The molecule has 1 atom stereocenters. The molecule has 0 aliphatic heterocycles. The van der Waals surface area contributed by atoms with Crippen LogP contribution in [0.25, 0.3) is 32.0 Å². The Morgan fingerprint density at radius 3 is 2.90 bits per heavy atom. The van der Waals surface area contributed by atoms with Crippen molar-refractivity contribution in [1.29, 1.82) is 0 Å². The van der Waals surface area contributed by atoms with Gasteiger partial charge in [0.15, 0.2) is 0 Å². The molecule has 0 aliphatic carbocycles. The monoisotopic (exact) mass is 434 g/mol. The third-order valence-electron chi connectivity index (χ3n) is 5.04. The number of imidazole rings is 1. The van der Waals surface area contributed by atoms with E-state index in [0.717, 1.165) is 43.2 Å². The fraction of sp³-hybridized carbons (Fsp3) is 0.190. The Bertz CT molecular complexity index is 1400. The highest BCUT2D eigenvalue weighted by atomic mass is 32.1. The van der Waals surface area contributed by atoms with Gasteiger partial charge in [0.1, 0.15) is 25.7 Å². The second kappa shape index (κ2) is 7.26. The van der Waals surface area contributed by atoms with Crippen molar-refractivity contribution in [1.82, 2.24) is 29.8 Å². The average molecular weight is 435 g/mol. The van der Waals surface area contributed by atoms with Gasteiger partial charge in [-0.1, -0.05) is 29.5 Å². The molecule has 9 heteroatoms. The van der Waals surface area contributed by atoms with E-state index in [1.807, 2.05) is 43.7 Å². The van der Waals surface area contributed by atoms with E-state index >= 15 is 0 Å². The Labute approximate surface area is 180 Å². The van der Waals surface area contributed by atoms with E-state index in [1.165, 1.54) is 11.3 Å². The number of pyridine rings is 1. The molecule has 0 saturated heterocycles. The number of nitrogens with one attached hydrogen (secondary N) is 1. The number of carbonyl (C=O) groups excluding carboxylic acids is 1. The Morgan fingerprint density at radius 1 is 1.23 bits per heavy atom. The van der Waals surface area contributed by atoms with Crippen LogP contribution in [0.3, 0.4) is 0 Å². The lowest BCUT2D eigenvalue weighted by Crippen LogP contribution is -2.26. The van der Waals surface area contributed by atoms with Crippen LogP contribution in [0.1, 0.15) is 33.9 Å². The summed E-state index contributed by atoms with van der Waals surface area (Å²) >= 11 is 2.91. The summed E-state index contributed by atoms with van der Waals surface area (Å²) in [5.74, 6) is -0.101. The summed E-state index contributed by atoms with van der Waals surface area (Å²) in [4.78, 5) is 32.0. The number of carbonyl (C=O) groups is 1. The molecule has 5 rings (SSSR count). The van der Waals surface area contributed by atoms with Gasteiger partial charge >= 0.3 is 0 Å². The van der Waals surface area contributed by atoms with Crippen LogP contribution in [-0.2, 0) is 7.05 Å². The maximum atomic E-state index is 12.5. The SMILES string of the molecule is Cc1ncsc1C(=O)N[C@@H](C)c1cccc(-c2nc3c(ncc4ncn(C)c43)s2)c1. The van der Waals surface area contributed by atoms with E-state index < -0.39 is 0 Å². The van der Waals surface area contributed by atoms with Gasteiger partial charge in [-0.25, -0.2) is 19.9 Å². The predicted molar refractivity (Wildman–Crippen MR) is 120 cm³/mol. The minimum Gasteiger partial charge on any atom is -0.345 e. The Hall–Kier alpha value is -3.17.